The minimum Gasteiger partial charge on any atom is -0.308 e. The molecule has 0 radical (unpaired) electrons. The minimum atomic E-state index is -4.44. The van der Waals surface area contributed by atoms with Crippen LogP contribution in [0.5, 0.6) is 0 Å². The molecule has 6 heteroatoms. The maximum absolute atomic E-state index is 12.6. The Hall–Kier alpha value is -2.50. The third kappa shape index (κ3) is 4.74. The molecule has 122 valence electrons. The van der Waals surface area contributed by atoms with Gasteiger partial charge in [0.1, 0.15) is 0 Å². The van der Waals surface area contributed by atoms with Crippen molar-refractivity contribution in [3.8, 4) is 0 Å². The van der Waals surface area contributed by atoms with Gasteiger partial charge >= 0.3 is 12.2 Å². The molecule has 3 nitrogen and oxygen atoms in total. The third-order valence-corrected chi connectivity index (χ3v) is 3.26. The van der Waals surface area contributed by atoms with E-state index in [9.17, 15) is 18.0 Å². The summed E-state index contributed by atoms with van der Waals surface area (Å²) in [5.74, 6) is 0.309. The van der Waals surface area contributed by atoms with Crippen LogP contribution in [0.3, 0.4) is 0 Å². The first kappa shape index (κ1) is 16.9. The van der Waals surface area contributed by atoms with Crippen molar-refractivity contribution in [2.75, 3.05) is 10.6 Å². The van der Waals surface area contributed by atoms with E-state index in [0.717, 1.165) is 17.7 Å². The Bertz CT molecular complexity index is 696. The highest BCUT2D eigenvalue weighted by Gasteiger charge is 2.30. The van der Waals surface area contributed by atoms with Gasteiger partial charge in [-0.2, -0.15) is 13.2 Å². The summed E-state index contributed by atoms with van der Waals surface area (Å²) in [5, 5.41) is 5.01. The van der Waals surface area contributed by atoms with Crippen LogP contribution in [-0.4, -0.2) is 6.03 Å². The summed E-state index contributed by atoms with van der Waals surface area (Å²) >= 11 is 0. The molecule has 0 saturated heterocycles. The highest BCUT2D eigenvalue weighted by molar-refractivity contribution is 5.99. The van der Waals surface area contributed by atoms with E-state index >= 15 is 0 Å². The number of benzene rings is 2. The number of nitrogens with one attached hydrogen (secondary N) is 2. The molecule has 0 heterocycles. The molecule has 0 bridgehead atoms. The molecule has 0 spiro atoms. The molecule has 0 aliphatic rings. The predicted octanol–water partition coefficient (Wildman–Crippen LogP) is 5.47. The molecule has 0 aromatic heterocycles. The third-order valence-electron chi connectivity index (χ3n) is 3.26. The maximum Gasteiger partial charge on any atom is 0.416 e. The predicted molar refractivity (Wildman–Crippen MR) is 84.6 cm³/mol. The van der Waals surface area contributed by atoms with Gasteiger partial charge in [-0.3, -0.25) is 0 Å². The van der Waals surface area contributed by atoms with Crippen LogP contribution >= 0.6 is 0 Å². The van der Waals surface area contributed by atoms with Gasteiger partial charge in [0.25, 0.3) is 0 Å². The highest BCUT2D eigenvalue weighted by atomic mass is 19.4. The van der Waals surface area contributed by atoms with Crippen LogP contribution in [0.4, 0.5) is 29.3 Å². The van der Waals surface area contributed by atoms with Gasteiger partial charge in [0.2, 0.25) is 0 Å². The Morgan fingerprint density at radius 2 is 1.52 bits per heavy atom. The SMILES string of the molecule is CC(C)c1cccc(NC(=O)Nc2cccc(C(F)(F)F)c2)c1. The molecule has 2 N–H and O–H groups in total. The number of hydrogen-bond acceptors (Lipinski definition) is 1. The summed E-state index contributed by atoms with van der Waals surface area (Å²) in [6, 6.07) is 11.2. The first-order valence-electron chi connectivity index (χ1n) is 7.11. The summed E-state index contributed by atoms with van der Waals surface area (Å²) in [6.45, 7) is 4.06. The van der Waals surface area contributed by atoms with Crippen molar-refractivity contribution < 1.29 is 18.0 Å². The Labute approximate surface area is 132 Å². The van der Waals surface area contributed by atoms with Crippen molar-refractivity contribution in [1.82, 2.24) is 0 Å². The lowest BCUT2D eigenvalue weighted by Gasteiger charge is -2.12. The quantitative estimate of drug-likeness (QED) is 0.772. The molecule has 0 unspecified atom stereocenters. The first-order chi connectivity index (χ1) is 10.8. The van der Waals surface area contributed by atoms with Crippen molar-refractivity contribution in [2.45, 2.75) is 25.9 Å². The van der Waals surface area contributed by atoms with Crippen LogP contribution in [0.1, 0.15) is 30.9 Å². The number of carbonyl (C=O) groups is 1. The van der Waals surface area contributed by atoms with Crippen molar-refractivity contribution in [1.29, 1.82) is 0 Å². The second-order valence-electron chi connectivity index (χ2n) is 5.44. The standard InChI is InChI=1S/C17H17F3N2O/c1-11(2)12-5-3-7-14(9-12)21-16(23)22-15-8-4-6-13(10-15)17(18,19)20/h3-11H,1-2H3,(H2,21,22,23). The van der Waals surface area contributed by atoms with Gasteiger partial charge < -0.3 is 10.6 Å². The Morgan fingerprint density at radius 1 is 0.957 bits per heavy atom. The minimum absolute atomic E-state index is 0.0809. The van der Waals surface area contributed by atoms with Crippen molar-refractivity contribution in [2.24, 2.45) is 0 Å². The van der Waals surface area contributed by atoms with E-state index in [-0.39, 0.29) is 5.69 Å². The molecular formula is C17H17F3N2O. The zero-order valence-corrected chi connectivity index (χ0v) is 12.7. The highest BCUT2D eigenvalue weighted by Crippen LogP contribution is 2.30. The van der Waals surface area contributed by atoms with E-state index in [2.05, 4.69) is 10.6 Å². The van der Waals surface area contributed by atoms with E-state index in [4.69, 9.17) is 0 Å². The van der Waals surface area contributed by atoms with Crippen molar-refractivity contribution in [3.63, 3.8) is 0 Å². The number of rotatable bonds is 3. The molecule has 2 amide bonds. The van der Waals surface area contributed by atoms with Crippen LogP contribution in [0.15, 0.2) is 48.5 Å². The van der Waals surface area contributed by atoms with E-state index in [1.807, 2.05) is 32.0 Å². The molecule has 0 atom stereocenters. The average molecular weight is 322 g/mol. The molecular weight excluding hydrogens is 305 g/mol. The molecule has 0 saturated carbocycles. The Kier molecular flexibility index (Phi) is 4.93. The van der Waals surface area contributed by atoms with E-state index in [1.54, 1.807) is 6.07 Å². The zero-order chi connectivity index (χ0) is 17.0. The number of halogens is 3. The molecule has 0 fully saturated rings. The molecule has 2 aromatic carbocycles. The normalized spacial score (nSPS) is 11.4. The van der Waals surface area contributed by atoms with Crippen LogP contribution in [0, 0.1) is 0 Å². The summed E-state index contributed by atoms with van der Waals surface area (Å²) in [7, 11) is 0. The zero-order valence-electron chi connectivity index (χ0n) is 12.7. The van der Waals surface area contributed by atoms with E-state index < -0.39 is 17.8 Å². The van der Waals surface area contributed by atoms with Crippen molar-refractivity contribution >= 4 is 17.4 Å². The van der Waals surface area contributed by atoms with E-state index in [0.29, 0.717) is 11.6 Å². The lowest BCUT2D eigenvalue weighted by Crippen LogP contribution is -2.20. The average Bonchev–Trinajstić information content (AvgIpc) is 2.46. The number of alkyl halides is 3. The summed E-state index contributed by atoms with van der Waals surface area (Å²) in [6.07, 6.45) is -4.44. The molecule has 23 heavy (non-hydrogen) atoms. The Balaban J connectivity index is 2.07. The maximum atomic E-state index is 12.6. The second-order valence-corrected chi connectivity index (χ2v) is 5.44. The van der Waals surface area contributed by atoms with Crippen LogP contribution in [-0.2, 0) is 6.18 Å². The van der Waals surface area contributed by atoms with Gasteiger partial charge in [-0.15, -0.1) is 0 Å². The molecule has 0 aliphatic carbocycles. The van der Waals surface area contributed by atoms with Crippen LogP contribution in [0.25, 0.3) is 0 Å². The topological polar surface area (TPSA) is 41.1 Å². The fourth-order valence-corrected chi connectivity index (χ4v) is 2.04. The summed E-state index contributed by atoms with van der Waals surface area (Å²) in [4.78, 5) is 11.9. The van der Waals surface area contributed by atoms with E-state index in [1.165, 1.54) is 12.1 Å². The number of amides is 2. The second kappa shape index (κ2) is 6.73. The van der Waals surface area contributed by atoms with Crippen LogP contribution in [0.2, 0.25) is 0 Å². The largest absolute Gasteiger partial charge is 0.416 e. The number of urea groups is 1. The Morgan fingerprint density at radius 3 is 2.09 bits per heavy atom. The summed E-state index contributed by atoms with van der Waals surface area (Å²) < 4.78 is 37.9. The van der Waals surface area contributed by atoms with Crippen molar-refractivity contribution in [3.05, 3.63) is 59.7 Å². The monoisotopic (exact) mass is 322 g/mol. The van der Waals surface area contributed by atoms with Gasteiger partial charge in [0.15, 0.2) is 0 Å². The molecule has 2 rings (SSSR count). The molecule has 0 aliphatic heterocycles. The van der Waals surface area contributed by atoms with Gasteiger partial charge in [0.05, 0.1) is 5.56 Å². The van der Waals surface area contributed by atoms with Gasteiger partial charge in [-0.25, -0.2) is 4.79 Å². The smallest absolute Gasteiger partial charge is 0.308 e. The van der Waals surface area contributed by atoms with Gasteiger partial charge in [-0.1, -0.05) is 32.0 Å². The summed E-state index contributed by atoms with van der Waals surface area (Å²) in [5.41, 5.74) is 0.914. The lowest BCUT2D eigenvalue weighted by molar-refractivity contribution is -0.137. The first-order valence-corrected chi connectivity index (χ1v) is 7.11. The molecule has 2 aromatic rings. The number of carbonyl (C=O) groups excluding carboxylic acids is 1. The van der Waals surface area contributed by atoms with Gasteiger partial charge in [0, 0.05) is 11.4 Å². The lowest BCUT2D eigenvalue weighted by atomic mass is 10.0. The van der Waals surface area contributed by atoms with Gasteiger partial charge in [-0.05, 0) is 41.8 Å². The fraction of sp³-hybridized carbons (Fsp3) is 0.235. The van der Waals surface area contributed by atoms with Crippen LogP contribution < -0.4 is 10.6 Å². The number of anilines is 2. The number of hydrogen-bond donors (Lipinski definition) is 2. The fourth-order valence-electron chi connectivity index (χ4n) is 2.04.